The van der Waals surface area contributed by atoms with E-state index in [4.69, 9.17) is 4.42 Å². The molecule has 1 fully saturated rings. The molecule has 0 saturated carbocycles. The van der Waals surface area contributed by atoms with Gasteiger partial charge in [0.25, 0.3) is 6.01 Å². The highest BCUT2D eigenvalue weighted by molar-refractivity contribution is 5.25. The minimum atomic E-state index is 0.742. The van der Waals surface area contributed by atoms with Crippen molar-refractivity contribution in [3.05, 3.63) is 12.0 Å². The molecule has 0 amide bonds. The Labute approximate surface area is 116 Å². The van der Waals surface area contributed by atoms with Gasteiger partial charge in [-0.05, 0) is 45.4 Å². The third-order valence-corrected chi connectivity index (χ3v) is 3.79. The number of hydrogen-bond acceptors (Lipinski definition) is 5. The van der Waals surface area contributed by atoms with Crippen molar-refractivity contribution in [2.75, 3.05) is 45.2 Å². The Hall–Kier alpha value is -1.07. The normalized spacial score (nSPS) is 17.8. The highest BCUT2D eigenvalue weighted by atomic mass is 16.4. The molecular weight excluding hydrogens is 240 g/mol. The van der Waals surface area contributed by atoms with Crippen LogP contribution in [0.25, 0.3) is 0 Å². The van der Waals surface area contributed by atoms with Crippen LogP contribution in [0.3, 0.4) is 0 Å². The van der Waals surface area contributed by atoms with Gasteiger partial charge in [0, 0.05) is 20.1 Å². The van der Waals surface area contributed by atoms with E-state index in [1.807, 2.05) is 0 Å². The van der Waals surface area contributed by atoms with Crippen molar-refractivity contribution in [1.82, 2.24) is 15.2 Å². The van der Waals surface area contributed by atoms with E-state index in [-0.39, 0.29) is 0 Å². The lowest BCUT2D eigenvalue weighted by atomic mass is 9.97. The standard InChI is InChI=1S/C14H26N4O/c1-4-15-9-13-11-19-14(16-13)18(3)10-12-5-7-17(2)8-6-12/h11-12,15H,4-10H2,1-3H3. The van der Waals surface area contributed by atoms with Gasteiger partial charge in [-0.2, -0.15) is 4.98 Å². The summed E-state index contributed by atoms with van der Waals surface area (Å²) in [4.78, 5) is 9.06. The number of aromatic nitrogens is 1. The Balaban J connectivity index is 1.82. The minimum absolute atomic E-state index is 0.742. The molecule has 19 heavy (non-hydrogen) atoms. The van der Waals surface area contributed by atoms with Crippen molar-refractivity contribution < 1.29 is 4.42 Å². The van der Waals surface area contributed by atoms with E-state index in [2.05, 4.69) is 41.1 Å². The van der Waals surface area contributed by atoms with Crippen LogP contribution in [0.5, 0.6) is 0 Å². The van der Waals surface area contributed by atoms with Gasteiger partial charge in [-0.15, -0.1) is 0 Å². The van der Waals surface area contributed by atoms with Crippen molar-refractivity contribution in [3.8, 4) is 0 Å². The molecule has 1 aromatic heterocycles. The molecule has 0 atom stereocenters. The second-order valence-corrected chi connectivity index (χ2v) is 5.53. The molecule has 1 N–H and O–H groups in total. The Morgan fingerprint density at radius 1 is 1.47 bits per heavy atom. The molecular formula is C14H26N4O. The molecule has 1 aromatic rings. The van der Waals surface area contributed by atoms with Gasteiger partial charge in [-0.3, -0.25) is 0 Å². The number of likely N-dealkylation sites (tertiary alicyclic amines) is 1. The summed E-state index contributed by atoms with van der Waals surface area (Å²) in [5.74, 6) is 0.755. The number of oxazole rings is 1. The Morgan fingerprint density at radius 2 is 2.21 bits per heavy atom. The predicted octanol–water partition coefficient (Wildman–Crippen LogP) is 1.56. The van der Waals surface area contributed by atoms with E-state index in [0.717, 1.165) is 37.3 Å². The van der Waals surface area contributed by atoms with Gasteiger partial charge in [-0.25, -0.2) is 0 Å². The maximum absolute atomic E-state index is 5.55. The molecule has 2 heterocycles. The summed E-state index contributed by atoms with van der Waals surface area (Å²) in [6, 6.07) is 0.742. The first-order chi connectivity index (χ1) is 9.19. The molecule has 0 bridgehead atoms. The van der Waals surface area contributed by atoms with E-state index in [1.165, 1.54) is 25.9 Å². The summed E-state index contributed by atoms with van der Waals surface area (Å²) in [6.45, 7) is 7.27. The lowest BCUT2D eigenvalue weighted by Crippen LogP contribution is -2.35. The summed E-state index contributed by atoms with van der Waals surface area (Å²) in [5, 5.41) is 3.26. The van der Waals surface area contributed by atoms with Crippen LogP contribution >= 0.6 is 0 Å². The third-order valence-electron chi connectivity index (χ3n) is 3.79. The summed E-state index contributed by atoms with van der Waals surface area (Å²) in [6.07, 6.45) is 4.29. The van der Waals surface area contributed by atoms with E-state index < -0.39 is 0 Å². The maximum atomic E-state index is 5.55. The van der Waals surface area contributed by atoms with E-state index in [1.54, 1.807) is 6.26 Å². The van der Waals surface area contributed by atoms with Crippen molar-refractivity contribution in [1.29, 1.82) is 0 Å². The van der Waals surface area contributed by atoms with Crippen LogP contribution in [0.4, 0.5) is 6.01 Å². The molecule has 0 unspecified atom stereocenters. The molecule has 108 valence electrons. The maximum Gasteiger partial charge on any atom is 0.297 e. The molecule has 5 heteroatoms. The second kappa shape index (κ2) is 6.91. The Bertz CT molecular complexity index is 371. The first kappa shape index (κ1) is 14.3. The fourth-order valence-electron chi connectivity index (χ4n) is 2.52. The van der Waals surface area contributed by atoms with Crippen LogP contribution in [-0.2, 0) is 6.54 Å². The number of rotatable bonds is 6. The van der Waals surface area contributed by atoms with E-state index in [0.29, 0.717) is 0 Å². The quantitative estimate of drug-likeness (QED) is 0.846. The summed E-state index contributed by atoms with van der Waals surface area (Å²) < 4.78 is 5.55. The third kappa shape index (κ3) is 4.21. The van der Waals surface area contributed by atoms with Gasteiger partial charge < -0.3 is 19.5 Å². The minimum Gasteiger partial charge on any atom is -0.432 e. The van der Waals surface area contributed by atoms with Crippen LogP contribution in [-0.4, -0.2) is 50.2 Å². The Morgan fingerprint density at radius 3 is 2.89 bits per heavy atom. The Kier molecular flexibility index (Phi) is 5.22. The van der Waals surface area contributed by atoms with Crippen molar-refractivity contribution in [3.63, 3.8) is 0 Å². The van der Waals surface area contributed by atoms with Crippen LogP contribution < -0.4 is 10.2 Å². The van der Waals surface area contributed by atoms with Crippen LogP contribution in [0, 0.1) is 5.92 Å². The highest BCUT2D eigenvalue weighted by Crippen LogP contribution is 2.20. The fraction of sp³-hybridized carbons (Fsp3) is 0.786. The van der Waals surface area contributed by atoms with E-state index >= 15 is 0 Å². The fourth-order valence-corrected chi connectivity index (χ4v) is 2.52. The predicted molar refractivity (Wildman–Crippen MR) is 77.4 cm³/mol. The molecule has 0 radical (unpaired) electrons. The number of piperidine rings is 1. The van der Waals surface area contributed by atoms with Gasteiger partial charge in [0.1, 0.15) is 6.26 Å². The van der Waals surface area contributed by atoms with Crippen molar-refractivity contribution in [2.24, 2.45) is 5.92 Å². The van der Waals surface area contributed by atoms with Gasteiger partial charge >= 0.3 is 0 Å². The smallest absolute Gasteiger partial charge is 0.297 e. The highest BCUT2D eigenvalue weighted by Gasteiger charge is 2.20. The summed E-state index contributed by atoms with van der Waals surface area (Å²) in [7, 11) is 4.27. The molecule has 1 aliphatic heterocycles. The zero-order valence-electron chi connectivity index (χ0n) is 12.4. The molecule has 5 nitrogen and oxygen atoms in total. The number of nitrogens with one attached hydrogen (secondary N) is 1. The number of anilines is 1. The van der Waals surface area contributed by atoms with Gasteiger partial charge in [0.05, 0.1) is 5.69 Å². The molecule has 0 aromatic carbocycles. The summed E-state index contributed by atoms with van der Waals surface area (Å²) in [5.41, 5.74) is 0.979. The molecule has 1 aliphatic rings. The van der Waals surface area contributed by atoms with Gasteiger partial charge in [-0.1, -0.05) is 6.92 Å². The van der Waals surface area contributed by atoms with Crippen LogP contribution in [0.2, 0.25) is 0 Å². The SMILES string of the molecule is CCNCc1coc(N(C)CC2CCN(C)CC2)n1. The monoisotopic (exact) mass is 266 g/mol. The van der Waals surface area contributed by atoms with Crippen LogP contribution in [0.1, 0.15) is 25.5 Å². The first-order valence-electron chi connectivity index (χ1n) is 7.23. The average molecular weight is 266 g/mol. The molecule has 2 rings (SSSR count). The van der Waals surface area contributed by atoms with Crippen molar-refractivity contribution in [2.45, 2.75) is 26.3 Å². The summed E-state index contributed by atoms with van der Waals surface area (Å²) >= 11 is 0. The molecule has 0 aliphatic carbocycles. The van der Waals surface area contributed by atoms with Crippen molar-refractivity contribution >= 4 is 6.01 Å². The second-order valence-electron chi connectivity index (χ2n) is 5.53. The lowest BCUT2D eigenvalue weighted by Gasteiger charge is -2.31. The zero-order chi connectivity index (χ0) is 13.7. The van der Waals surface area contributed by atoms with Gasteiger partial charge in [0.2, 0.25) is 0 Å². The number of hydrogen-bond donors (Lipinski definition) is 1. The molecule has 0 spiro atoms. The largest absolute Gasteiger partial charge is 0.432 e. The van der Waals surface area contributed by atoms with E-state index in [9.17, 15) is 0 Å². The topological polar surface area (TPSA) is 44.5 Å². The first-order valence-corrected chi connectivity index (χ1v) is 7.23. The molecule has 1 saturated heterocycles. The van der Waals surface area contributed by atoms with Gasteiger partial charge in [0.15, 0.2) is 0 Å². The number of nitrogens with zero attached hydrogens (tertiary/aromatic N) is 3. The van der Waals surface area contributed by atoms with Crippen LogP contribution in [0.15, 0.2) is 10.7 Å². The lowest BCUT2D eigenvalue weighted by molar-refractivity contribution is 0.221. The zero-order valence-corrected chi connectivity index (χ0v) is 12.4. The average Bonchev–Trinajstić information content (AvgIpc) is 2.88.